The number of aryl methyl sites for hydroxylation is 1. The first-order chi connectivity index (χ1) is 7.65. The standard InChI is InChI=1S/C12H13BrN2S/c1-9-4-3-5-10(6-9)7-15(2)12-14-11(13)8-16-12/h3-6,8H,7H2,1-2H3. The topological polar surface area (TPSA) is 16.1 Å². The lowest BCUT2D eigenvalue weighted by Crippen LogP contribution is -2.15. The van der Waals surface area contributed by atoms with E-state index < -0.39 is 0 Å². The number of halogens is 1. The van der Waals surface area contributed by atoms with Crippen molar-refractivity contribution in [1.82, 2.24) is 4.98 Å². The van der Waals surface area contributed by atoms with Gasteiger partial charge in [0, 0.05) is 19.0 Å². The Morgan fingerprint density at radius 2 is 2.25 bits per heavy atom. The lowest BCUT2D eigenvalue weighted by molar-refractivity contribution is 0.911. The van der Waals surface area contributed by atoms with Gasteiger partial charge in [-0.2, -0.15) is 0 Å². The first-order valence-corrected chi connectivity index (χ1v) is 6.70. The average molecular weight is 297 g/mol. The molecule has 1 aromatic heterocycles. The smallest absolute Gasteiger partial charge is 0.186 e. The zero-order chi connectivity index (χ0) is 11.5. The van der Waals surface area contributed by atoms with Crippen LogP contribution in [0, 0.1) is 6.92 Å². The van der Waals surface area contributed by atoms with Gasteiger partial charge in [-0.3, -0.25) is 0 Å². The molecule has 0 aliphatic rings. The molecule has 4 heteroatoms. The molecule has 0 bridgehead atoms. The van der Waals surface area contributed by atoms with Crippen LogP contribution in [0.4, 0.5) is 5.13 Å². The number of anilines is 1. The average Bonchev–Trinajstić information content (AvgIpc) is 2.65. The molecule has 84 valence electrons. The van der Waals surface area contributed by atoms with Gasteiger partial charge in [-0.15, -0.1) is 11.3 Å². The lowest BCUT2D eigenvalue weighted by atomic mass is 10.1. The van der Waals surface area contributed by atoms with Crippen molar-refractivity contribution in [3.8, 4) is 0 Å². The quantitative estimate of drug-likeness (QED) is 0.855. The van der Waals surface area contributed by atoms with E-state index >= 15 is 0 Å². The molecule has 0 aliphatic heterocycles. The summed E-state index contributed by atoms with van der Waals surface area (Å²) in [5.74, 6) is 0. The molecule has 0 saturated heterocycles. The second kappa shape index (κ2) is 4.97. The molecule has 2 nitrogen and oxygen atoms in total. The van der Waals surface area contributed by atoms with Crippen LogP contribution < -0.4 is 4.90 Å². The highest BCUT2D eigenvalue weighted by Crippen LogP contribution is 2.23. The minimum atomic E-state index is 0.891. The van der Waals surface area contributed by atoms with Crippen molar-refractivity contribution in [2.24, 2.45) is 0 Å². The molecule has 0 atom stereocenters. The van der Waals surface area contributed by atoms with Crippen molar-refractivity contribution in [2.75, 3.05) is 11.9 Å². The van der Waals surface area contributed by atoms with Gasteiger partial charge in [0.1, 0.15) is 4.60 Å². The summed E-state index contributed by atoms with van der Waals surface area (Å²) < 4.78 is 0.906. The molecule has 16 heavy (non-hydrogen) atoms. The maximum atomic E-state index is 4.39. The monoisotopic (exact) mass is 296 g/mol. The number of thiazole rings is 1. The summed E-state index contributed by atoms with van der Waals surface area (Å²) in [6.45, 7) is 3.01. The third-order valence-electron chi connectivity index (χ3n) is 2.29. The summed E-state index contributed by atoms with van der Waals surface area (Å²) >= 11 is 5.02. The van der Waals surface area contributed by atoms with Gasteiger partial charge in [-0.05, 0) is 28.4 Å². The first kappa shape index (κ1) is 11.6. The fourth-order valence-electron chi connectivity index (χ4n) is 1.57. The van der Waals surface area contributed by atoms with E-state index in [2.05, 4.69) is 64.1 Å². The Kier molecular flexibility index (Phi) is 3.61. The van der Waals surface area contributed by atoms with Crippen molar-refractivity contribution in [2.45, 2.75) is 13.5 Å². The summed E-state index contributed by atoms with van der Waals surface area (Å²) in [6.07, 6.45) is 0. The highest BCUT2D eigenvalue weighted by Gasteiger charge is 2.06. The zero-order valence-electron chi connectivity index (χ0n) is 9.27. The van der Waals surface area contributed by atoms with E-state index in [0.717, 1.165) is 16.3 Å². The van der Waals surface area contributed by atoms with Crippen LogP contribution in [0.3, 0.4) is 0 Å². The summed E-state index contributed by atoms with van der Waals surface area (Å²) in [6, 6.07) is 8.56. The Labute approximate surface area is 108 Å². The highest BCUT2D eigenvalue weighted by molar-refractivity contribution is 9.10. The SMILES string of the molecule is Cc1cccc(CN(C)c2nc(Br)cs2)c1. The van der Waals surface area contributed by atoms with E-state index in [-0.39, 0.29) is 0 Å². The highest BCUT2D eigenvalue weighted by atomic mass is 79.9. The molecule has 0 spiro atoms. The minimum Gasteiger partial charge on any atom is -0.347 e. The number of aromatic nitrogens is 1. The number of hydrogen-bond acceptors (Lipinski definition) is 3. The molecule has 0 N–H and O–H groups in total. The van der Waals surface area contributed by atoms with E-state index in [0.29, 0.717) is 0 Å². The van der Waals surface area contributed by atoms with Gasteiger partial charge in [0.25, 0.3) is 0 Å². The predicted octanol–water partition coefficient (Wildman–Crippen LogP) is 3.85. The lowest BCUT2D eigenvalue weighted by Gasteiger charge is -2.15. The first-order valence-electron chi connectivity index (χ1n) is 5.03. The van der Waals surface area contributed by atoms with Crippen LogP contribution in [0.25, 0.3) is 0 Å². The molecule has 1 aromatic carbocycles. The van der Waals surface area contributed by atoms with Crippen LogP contribution >= 0.6 is 27.3 Å². The van der Waals surface area contributed by atoms with Crippen molar-refractivity contribution in [1.29, 1.82) is 0 Å². The van der Waals surface area contributed by atoms with Crippen LogP contribution in [-0.4, -0.2) is 12.0 Å². The zero-order valence-corrected chi connectivity index (χ0v) is 11.7. The molecule has 1 heterocycles. The van der Waals surface area contributed by atoms with Crippen LogP contribution in [0.1, 0.15) is 11.1 Å². The van der Waals surface area contributed by atoms with Gasteiger partial charge >= 0.3 is 0 Å². The number of rotatable bonds is 3. The van der Waals surface area contributed by atoms with E-state index in [1.807, 2.05) is 5.38 Å². The molecule has 0 amide bonds. The fraction of sp³-hybridized carbons (Fsp3) is 0.250. The normalized spacial score (nSPS) is 10.4. The summed E-state index contributed by atoms with van der Waals surface area (Å²) in [5.41, 5.74) is 2.61. The van der Waals surface area contributed by atoms with Gasteiger partial charge in [0.05, 0.1) is 0 Å². The molecule has 0 saturated carbocycles. The maximum Gasteiger partial charge on any atom is 0.186 e. The van der Waals surface area contributed by atoms with Crippen LogP contribution in [0.2, 0.25) is 0 Å². The van der Waals surface area contributed by atoms with E-state index in [4.69, 9.17) is 0 Å². The Hall–Kier alpha value is -0.870. The van der Waals surface area contributed by atoms with Gasteiger partial charge in [0.2, 0.25) is 0 Å². The van der Waals surface area contributed by atoms with Gasteiger partial charge in [0.15, 0.2) is 5.13 Å². The van der Waals surface area contributed by atoms with E-state index in [9.17, 15) is 0 Å². The van der Waals surface area contributed by atoms with Gasteiger partial charge < -0.3 is 4.90 Å². The van der Waals surface area contributed by atoms with E-state index in [1.54, 1.807) is 11.3 Å². The van der Waals surface area contributed by atoms with Crippen LogP contribution in [0.5, 0.6) is 0 Å². The second-order valence-corrected chi connectivity index (χ2v) is 5.45. The Morgan fingerprint density at radius 3 is 2.88 bits per heavy atom. The Morgan fingerprint density at radius 1 is 1.44 bits per heavy atom. The second-order valence-electron chi connectivity index (χ2n) is 3.80. The third kappa shape index (κ3) is 2.83. The molecular formula is C12H13BrN2S. The summed E-state index contributed by atoms with van der Waals surface area (Å²) in [7, 11) is 2.06. The van der Waals surface area contributed by atoms with Crippen molar-refractivity contribution in [3.63, 3.8) is 0 Å². The summed E-state index contributed by atoms with van der Waals surface area (Å²) in [5, 5.41) is 3.04. The summed E-state index contributed by atoms with van der Waals surface area (Å²) in [4.78, 5) is 6.55. The molecule has 0 unspecified atom stereocenters. The number of hydrogen-bond donors (Lipinski definition) is 0. The van der Waals surface area contributed by atoms with Gasteiger partial charge in [-0.1, -0.05) is 29.8 Å². The third-order valence-corrected chi connectivity index (χ3v) is 3.96. The number of nitrogens with zero attached hydrogens (tertiary/aromatic N) is 2. The van der Waals surface area contributed by atoms with E-state index in [1.165, 1.54) is 11.1 Å². The molecule has 0 fully saturated rings. The molecule has 0 aliphatic carbocycles. The molecule has 2 rings (SSSR count). The van der Waals surface area contributed by atoms with Crippen molar-refractivity contribution in [3.05, 3.63) is 45.4 Å². The van der Waals surface area contributed by atoms with Crippen LogP contribution in [0.15, 0.2) is 34.2 Å². The van der Waals surface area contributed by atoms with Crippen molar-refractivity contribution >= 4 is 32.4 Å². The Bertz CT molecular complexity index is 481. The molecule has 2 aromatic rings. The van der Waals surface area contributed by atoms with Crippen LogP contribution in [-0.2, 0) is 6.54 Å². The largest absolute Gasteiger partial charge is 0.347 e. The maximum absolute atomic E-state index is 4.39. The minimum absolute atomic E-state index is 0.891. The predicted molar refractivity (Wildman–Crippen MR) is 73.1 cm³/mol. The Balaban J connectivity index is 2.10. The van der Waals surface area contributed by atoms with Crippen molar-refractivity contribution < 1.29 is 0 Å². The fourth-order valence-corrected chi connectivity index (χ4v) is 2.79. The van der Waals surface area contributed by atoms with Gasteiger partial charge in [-0.25, -0.2) is 4.98 Å². The molecule has 0 radical (unpaired) electrons. The number of benzene rings is 1. The molecular weight excluding hydrogens is 284 g/mol.